The maximum atomic E-state index is 3.43. The molecule has 0 heterocycles. The lowest BCUT2D eigenvalue weighted by Crippen LogP contribution is -2.47. The number of nitrogens with one attached hydrogen (secondary N) is 2. The first-order chi connectivity index (χ1) is 7.85. The van der Waals surface area contributed by atoms with E-state index in [-0.39, 0.29) is 5.54 Å². The van der Waals surface area contributed by atoms with E-state index in [0.717, 1.165) is 0 Å². The Bertz CT molecular complexity index is 394. The van der Waals surface area contributed by atoms with E-state index >= 15 is 0 Å². The molecular formula is C15H26N2. The first-order valence-corrected chi connectivity index (χ1v) is 6.28. The van der Waals surface area contributed by atoms with Crippen LogP contribution in [-0.2, 0) is 0 Å². The second-order valence-corrected chi connectivity index (χ2v) is 5.42. The Morgan fingerprint density at radius 2 is 1.59 bits per heavy atom. The van der Waals surface area contributed by atoms with Gasteiger partial charge >= 0.3 is 0 Å². The minimum Gasteiger partial charge on any atom is -0.313 e. The van der Waals surface area contributed by atoms with Crippen molar-refractivity contribution >= 4 is 0 Å². The molecule has 0 fully saturated rings. The molecular weight excluding hydrogens is 208 g/mol. The third-order valence-corrected chi connectivity index (χ3v) is 4.07. The van der Waals surface area contributed by atoms with Crippen LogP contribution in [0.5, 0.6) is 0 Å². The fraction of sp³-hybridized carbons (Fsp3) is 0.600. The largest absolute Gasteiger partial charge is 0.313 e. The summed E-state index contributed by atoms with van der Waals surface area (Å²) < 4.78 is 0. The van der Waals surface area contributed by atoms with Crippen LogP contribution < -0.4 is 10.6 Å². The second kappa shape index (κ2) is 5.19. The van der Waals surface area contributed by atoms with Crippen LogP contribution in [0.15, 0.2) is 12.1 Å². The summed E-state index contributed by atoms with van der Waals surface area (Å²) in [6, 6.07) is 4.78. The van der Waals surface area contributed by atoms with Gasteiger partial charge in [0.25, 0.3) is 0 Å². The Balaban J connectivity index is 3.27. The molecule has 1 rings (SSSR count). The van der Waals surface area contributed by atoms with E-state index in [2.05, 4.69) is 57.4 Å². The average molecular weight is 234 g/mol. The lowest BCUT2D eigenvalue weighted by atomic mass is 9.84. The van der Waals surface area contributed by atoms with Gasteiger partial charge in [-0.25, -0.2) is 0 Å². The minimum absolute atomic E-state index is 0.0290. The highest BCUT2D eigenvalue weighted by atomic mass is 15.0. The van der Waals surface area contributed by atoms with Gasteiger partial charge in [-0.15, -0.1) is 0 Å². The van der Waals surface area contributed by atoms with Gasteiger partial charge in [-0.3, -0.25) is 0 Å². The van der Waals surface area contributed by atoms with Crippen molar-refractivity contribution in [2.75, 3.05) is 14.1 Å². The first kappa shape index (κ1) is 14.2. The van der Waals surface area contributed by atoms with Gasteiger partial charge in [0, 0.05) is 11.6 Å². The highest BCUT2D eigenvalue weighted by Gasteiger charge is 2.29. The van der Waals surface area contributed by atoms with Crippen molar-refractivity contribution in [1.82, 2.24) is 10.6 Å². The summed E-state index contributed by atoms with van der Waals surface area (Å²) in [5, 5.41) is 6.82. The lowest BCUT2D eigenvalue weighted by Gasteiger charge is -2.35. The molecule has 96 valence electrons. The molecule has 0 amide bonds. The van der Waals surface area contributed by atoms with E-state index in [1.165, 1.54) is 22.3 Å². The number of hydrogen-bond donors (Lipinski definition) is 2. The van der Waals surface area contributed by atoms with Crippen LogP contribution in [0.25, 0.3) is 0 Å². The van der Waals surface area contributed by atoms with Gasteiger partial charge in [-0.1, -0.05) is 12.1 Å². The summed E-state index contributed by atoms with van der Waals surface area (Å²) in [7, 11) is 4.04. The minimum atomic E-state index is 0.0290. The Labute approximate surface area is 106 Å². The van der Waals surface area contributed by atoms with Crippen molar-refractivity contribution in [2.24, 2.45) is 0 Å². The molecule has 1 atom stereocenters. The number of hydrogen-bond acceptors (Lipinski definition) is 2. The fourth-order valence-electron chi connectivity index (χ4n) is 2.34. The second-order valence-electron chi connectivity index (χ2n) is 5.42. The van der Waals surface area contributed by atoms with Crippen LogP contribution in [-0.4, -0.2) is 19.6 Å². The fourth-order valence-corrected chi connectivity index (χ4v) is 2.34. The first-order valence-electron chi connectivity index (χ1n) is 6.28. The van der Waals surface area contributed by atoms with Gasteiger partial charge in [0.05, 0.1) is 0 Å². The zero-order valence-corrected chi connectivity index (χ0v) is 12.2. The monoisotopic (exact) mass is 234 g/mol. The third-order valence-electron chi connectivity index (χ3n) is 4.07. The molecule has 1 unspecified atom stereocenters. The Kier molecular flexibility index (Phi) is 4.34. The van der Waals surface area contributed by atoms with Crippen LogP contribution in [0.1, 0.15) is 42.1 Å². The number of benzene rings is 1. The van der Waals surface area contributed by atoms with Gasteiger partial charge in [-0.2, -0.15) is 0 Å². The maximum Gasteiger partial charge on any atom is 0.0499 e. The summed E-state index contributed by atoms with van der Waals surface area (Å²) in [5.74, 6) is 0. The lowest BCUT2D eigenvalue weighted by molar-refractivity contribution is 0.310. The summed E-state index contributed by atoms with van der Waals surface area (Å²) in [5.41, 5.74) is 5.57. The quantitative estimate of drug-likeness (QED) is 0.837. The molecule has 1 aromatic rings. The molecule has 0 spiro atoms. The van der Waals surface area contributed by atoms with Crippen LogP contribution >= 0.6 is 0 Å². The van der Waals surface area contributed by atoms with Gasteiger partial charge in [0.15, 0.2) is 0 Å². The predicted octanol–water partition coefficient (Wildman–Crippen LogP) is 2.87. The Morgan fingerprint density at radius 3 is 2.06 bits per heavy atom. The topological polar surface area (TPSA) is 24.1 Å². The van der Waals surface area contributed by atoms with Crippen molar-refractivity contribution < 1.29 is 0 Å². The van der Waals surface area contributed by atoms with Gasteiger partial charge in [-0.05, 0) is 71.0 Å². The Morgan fingerprint density at radius 1 is 1.00 bits per heavy atom. The van der Waals surface area contributed by atoms with Crippen molar-refractivity contribution in [3.8, 4) is 0 Å². The van der Waals surface area contributed by atoms with Crippen LogP contribution in [0.3, 0.4) is 0 Å². The van der Waals surface area contributed by atoms with E-state index in [1.807, 2.05) is 14.1 Å². The number of aryl methyl sites for hydroxylation is 1. The summed E-state index contributed by atoms with van der Waals surface area (Å²) in [6.45, 7) is 11.0. The van der Waals surface area contributed by atoms with Gasteiger partial charge < -0.3 is 10.6 Å². The summed E-state index contributed by atoms with van der Waals surface area (Å²) in [4.78, 5) is 0. The van der Waals surface area contributed by atoms with Crippen molar-refractivity contribution in [1.29, 1.82) is 0 Å². The molecule has 2 nitrogen and oxygen atoms in total. The molecule has 0 radical (unpaired) electrons. The van der Waals surface area contributed by atoms with Crippen LogP contribution in [0.2, 0.25) is 0 Å². The van der Waals surface area contributed by atoms with Crippen LogP contribution in [0.4, 0.5) is 0 Å². The highest BCUT2D eigenvalue weighted by Crippen LogP contribution is 2.29. The number of rotatable bonds is 4. The average Bonchev–Trinajstić information content (AvgIpc) is 2.30. The third kappa shape index (κ3) is 2.70. The molecule has 0 aliphatic rings. The Hall–Kier alpha value is -0.860. The predicted molar refractivity (Wildman–Crippen MR) is 75.6 cm³/mol. The molecule has 0 aliphatic carbocycles. The van der Waals surface area contributed by atoms with E-state index in [4.69, 9.17) is 0 Å². The molecule has 0 saturated heterocycles. The van der Waals surface area contributed by atoms with Gasteiger partial charge in [0.1, 0.15) is 0 Å². The molecule has 17 heavy (non-hydrogen) atoms. The smallest absolute Gasteiger partial charge is 0.0499 e. The van der Waals surface area contributed by atoms with E-state index in [9.17, 15) is 0 Å². The molecule has 2 heteroatoms. The molecule has 1 aromatic carbocycles. The molecule has 0 aromatic heterocycles. The maximum absolute atomic E-state index is 3.43. The van der Waals surface area contributed by atoms with Crippen molar-refractivity contribution in [2.45, 2.75) is 46.2 Å². The molecule has 2 N–H and O–H groups in total. The zero-order valence-electron chi connectivity index (χ0n) is 12.2. The van der Waals surface area contributed by atoms with Gasteiger partial charge in [0.2, 0.25) is 0 Å². The van der Waals surface area contributed by atoms with Crippen molar-refractivity contribution in [3.63, 3.8) is 0 Å². The van der Waals surface area contributed by atoms with E-state index in [0.29, 0.717) is 6.04 Å². The zero-order chi connectivity index (χ0) is 13.2. The van der Waals surface area contributed by atoms with E-state index < -0.39 is 0 Å². The number of likely N-dealkylation sites (N-methyl/N-ethyl adjacent to an activating group) is 2. The summed E-state index contributed by atoms with van der Waals surface area (Å²) in [6.07, 6.45) is 0. The normalized spacial score (nSPS) is 13.8. The molecule has 0 aliphatic heterocycles. The van der Waals surface area contributed by atoms with E-state index in [1.54, 1.807) is 0 Å². The molecule has 0 saturated carbocycles. The standard InChI is InChI=1S/C15H26N2/c1-10-8-9-13(12(3)11(10)2)14(16-6)15(4,5)17-7/h8-9,14,16-17H,1-7H3. The highest BCUT2D eigenvalue weighted by molar-refractivity contribution is 5.41. The molecule has 0 bridgehead atoms. The summed E-state index contributed by atoms with van der Waals surface area (Å²) >= 11 is 0. The van der Waals surface area contributed by atoms with Crippen LogP contribution in [0, 0.1) is 20.8 Å². The van der Waals surface area contributed by atoms with Crippen molar-refractivity contribution in [3.05, 3.63) is 34.4 Å². The SMILES string of the molecule is CNC(c1ccc(C)c(C)c1C)C(C)(C)NC.